The minimum Gasteiger partial charge on any atom is -0.506 e. The highest BCUT2D eigenvalue weighted by atomic mass is 35.5. The van der Waals surface area contributed by atoms with E-state index in [9.17, 15) is 5.11 Å². The van der Waals surface area contributed by atoms with Crippen molar-refractivity contribution in [1.29, 1.82) is 0 Å². The molecule has 1 N–H and O–H groups in total. The topological polar surface area (TPSA) is 50.9 Å². The molecule has 0 aliphatic carbocycles. The Labute approximate surface area is 137 Å². The Morgan fingerprint density at radius 1 is 1.14 bits per heavy atom. The Morgan fingerprint density at radius 3 is 2.77 bits per heavy atom. The van der Waals surface area contributed by atoms with E-state index in [1.807, 2.05) is 12.1 Å². The number of hydrogen-bond acceptors (Lipinski definition) is 4. The van der Waals surface area contributed by atoms with Gasteiger partial charge in [0, 0.05) is 10.6 Å². The van der Waals surface area contributed by atoms with Crippen molar-refractivity contribution in [3.8, 4) is 5.75 Å². The van der Waals surface area contributed by atoms with Crippen molar-refractivity contribution in [2.75, 3.05) is 0 Å². The molecule has 0 radical (unpaired) electrons. The first kappa shape index (κ1) is 14.9. The fraction of sp³-hybridized carbons (Fsp3) is 0.125. The summed E-state index contributed by atoms with van der Waals surface area (Å²) in [5, 5.41) is 13.9. The zero-order valence-electron chi connectivity index (χ0n) is 11.7. The molecular weight excluding hydrogens is 318 g/mol. The van der Waals surface area contributed by atoms with Crippen LogP contribution in [-0.4, -0.2) is 19.9 Å². The lowest BCUT2D eigenvalue weighted by atomic mass is 10.1. The van der Waals surface area contributed by atoms with Crippen LogP contribution in [0.15, 0.2) is 60.0 Å². The van der Waals surface area contributed by atoms with Crippen LogP contribution in [0.2, 0.25) is 5.02 Å². The van der Waals surface area contributed by atoms with E-state index in [1.165, 1.54) is 17.5 Å². The third-order valence-corrected chi connectivity index (χ3v) is 4.49. The van der Waals surface area contributed by atoms with E-state index in [-0.39, 0.29) is 5.75 Å². The summed E-state index contributed by atoms with van der Waals surface area (Å²) in [7, 11) is 0. The summed E-state index contributed by atoms with van der Waals surface area (Å²) < 4.78 is 1.80. The monoisotopic (exact) mass is 331 g/mol. The average molecular weight is 332 g/mol. The maximum atomic E-state index is 9.43. The molecule has 0 aliphatic rings. The molecule has 0 amide bonds. The minimum absolute atomic E-state index is 0.112. The van der Waals surface area contributed by atoms with Crippen LogP contribution in [0, 0.1) is 0 Å². The van der Waals surface area contributed by atoms with Crippen LogP contribution in [0.5, 0.6) is 5.75 Å². The smallest absolute Gasteiger partial charge is 0.137 e. The summed E-state index contributed by atoms with van der Waals surface area (Å²) in [4.78, 5) is 4.98. The molecule has 112 valence electrons. The first-order valence-corrected chi connectivity index (χ1v) is 8.08. The quantitative estimate of drug-likeness (QED) is 0.718. The Bertz CT molecular complexity index is 762. The lowest BCUT2D eigenvalue weighted by molar-refractivity contribution is 0.475. The molecule has 1 aromatic heterocycles. The van der Waals surface area contributed by atoms with Gasteiger partial charge >= 0.3 is 0 Å². The first-order chi connectivity index (χ1) is 10.7. The summed E-state index contributed by atoms with van der Waals surface area (Å²) in [6.07, 6.45) is 3.24. The average Bonchev–Trinajstić information content (AvgIpc) is 3.02. The third kappa shape index (κ3) is 3.81. The number of aromatic nitrogens is 3. The number of nitrogens with zero attached hydrogens (tertiary/aromatic N) is 3. The van der Waals surface area contributed by atoms with Gasteiger partial charge in [-0.25, -0.2) is 9.67 Å². The van der Waals surface area contributed by atoms with E-state index in [0.717, 1.165) is 10.6 Å². The highest BCUT2D eigenvalue weighted by molar-refractivity contribution is 7.98. The van der Waals surface area contributed by atoms with Gasteiger partial charge in [0.1, 0.15) is 18.4 Å². The normalized spacial score (nSPS) is 10.8. The van der Waals surface area contributed by atoms with Gasteiger partial charge in [0.15, 0.2) is 0 Å². The number of thioether (sulfide) groups is 1. The molecule has 0 unspecified atom stereocenters. The molecule has 22 heavy (non-hydrogen) atoms. The van der Waals surface area contributed by atoms with Crippen LogP contribution in [-0.2, 0) is 12.3 Å². The molecular formula is C16H14ClN3OS. The number of hydrogen-bond donors (Lipinski definition) is 1. The molecule has 3 aromatic rings. The van der Waals surface area contributed by atoms with Gasteiger partial charge in [-0.05, 0) is 29.3 Å². The second-order valence-corrected chi connectivity index (χ2v) is 6.27. The summed E-state index contributed by atoms with van der Waals surface area (Å²) in [5.74, 6) is 0.951. The number of aromatic hydroxyl groups is 1. The fourth-order valence-corrected chi connectivity index (χ4v) is 3.19. The summed E-state index contributed by atoms with van der Waals surface area (Å²) >= 11 is 7.60. The zero-order valence-corrected chi connectivity index (χ0v) is 13.3. The number of rotatable bonds is 5. The maximum Gasteiger partial charge on any atom is 0.137 e. The third-order valence-electron chi connectivity index (χ3n) is 3.13. The molecule has 0 aliphatic heterocycles. The Morgan fingerprint density at radius 2 is 2.00 bits per heavy atom. The number of phenolic OH excluding ortho intramolecular Hbond substituents is 1. The van der Waals surface area contributed by atoms with Crippen LogP contribution >= 0.6 is 23.4 Å². The van der Waals surface area contributed by atoms with Crippen molar-refractivity contribution in [3.05, 3.63) is 71.3 Å². The molecule has 0 bridgehead atoms. The molecule has 0 saturated heterocycles. The van der Waals surface area contributed by atoms with Crippen molar-refractivity contribution in [2.24, 2.45) is 0 Å². The largest absolute Gasteiger partial charge is 0.506 e. The van der Waals surface area contributed by atoms with Gasteiger partial charge in [-0.2, -0.15) is 5.10 Å². The maximum absolute atomic E-state index is 9.43. The van der Waals surface area contributed by atoms with Crippen LogP contribution in [0.4, 0.5) is 0 Å². The summed E-state index contributed by atoms with van der Waals surface area (Å²) in [5.41, 5.74) is 2.42. The van der Waals surface area contributed by atoms with Gasteiger partial charge in [0.2, 0.25) is 0 Å². The van der Waals surface area contributed by atoms with E-state index in [4.69, 9.17) is 11.6 Å². The number of phenols is 1. The Kier molecular flexibility index (Phi) is 4.65. The molecule has 0 fully saturated rings. The molecule has 2 aromatic carbocycles. The van der Waals surface area contributed by atoms with Crippen molar-refractivity contribution < 1.29 is 5.11 Å². The van der Waals surface area contributed by atoms with Crippen LogP contribution in [0.3, 0.4) is 0 Å². The van der Waals surface area contributed by atoms with Crippen LogP contribution < -0.4 is 0 Å². The van der Waals surface area contributed by atoms with Crippen LogP contribution in [0.25, 0.3) is 0 Å². The molecule has 4 nitrogen and oxygen atoms in total. The molecule has 6 heteroatoms. The van der Waals surface area contributed by atoms with Crippen molar-refractivity contribution in [3.63, 3.8) is 0 Å². The first-order valence-electron chi connectivity index (χ1n) is 6.72. The van der Waals surface area contributed by atoms with Gasteiger partial charge < -0.3 is 5.11 Å². The Hall–Kier alpha value is -1.98. The minimum atomic E-state index is 0.112. The standard InChI is InChI=1S/C16H14ClN3OS/c17-15-7-14(4-5-16(15)21)22-9-13-3-1-2-12(6-13)8-20-11-18-10-19-20/h1-7,10-11,21H,8-9H2. The lowest BCUT2D eigenvalue weighted by Gasteiger charge is -2.06. The molecule has 0 atom stereocenters. The van der Waals surface area contributed by atoms with E-state index in [1.54, 1.807) is 34.9 Å². The predicted molar refractivity (Wildman–Crippen MR) is 88.2 cm³/mol. The molecule has 0 saturated carbocycles. The highest BCUT2D eigenvalue weighted by Crippen LogP contribution is 2.30. The van der Waals surface area contributed by atoms with E-state index in [2.05, 4.69) is 28.3 Å². The molecule has 0 spiro atoms. The second kappa shape index (κ2) is 6.85. The SMILES string of the molecule is Oc1ccc(SCc2cccc(Cn3cncn3)c2)cc1Cl. The predicted octanol–water partition coefficient (Wildman–Crippen LogP) is 3.98. The fourth-order valence-electron chi connectivity index (χ4n) is 2.06. The molecule has 3 rings (SSSR count). The van der Waals surface area contributed by atoms with Crippen molar-refractivity contribution >= 4 is 23.4 Å². The zero-order chi connectivity index (χ0) is 15.4. The van der Waals surface area contributed by atoms with Gasteiger partial charge in [-0.1, -0.05) is 35.9 Å². The van der Waals surface area contributed by atoms with Crippen molar-refractivity contribution in [1.82, 2.24) is 14.8 Å². The van der Waals surface area contributed by atoms with E-state index >= 15 is 0 Å². The van der Waals surface area contributed by atoms with Gasteiger partial charge in [0.05, 0.1) is 11.6 Å². The van der Waals surface area contributed by atoms with Gasteiger partial charge in [-0.15, -0.1) is 11.8 Å². The van der Waals surface area contributed by atoms with E-state index in [0.29, 0.717) is 11.6 Å². The van der Waals surface area contributed by atoms with E-state index < -0.39 is 0 Å². The second-order valence-electron chi connectivity index (χ2n) is 4.81. The van der Waals surface area contributed by atoms with Crippen LogP contribution in [0.1, 0.15) is 11.1 Å². The number of benzene rings is 2. The number of halogens is 1. The summed E-state index contributed by atoms with van der Waals surface area (Å²) in [6, 6.07) is 13.6. The van der Waals surface area contributed by atoms with Gasteiger partial charge in [0.25, 0.3) is 0 Å². The lowest BCUT2D eigenvalue weighted by Crippen LogP contribution is -2.00. The molecule has 1 heterocycles. The van der Waals surface area contributed by atoms with Gasteiger partial charge in [-0.3, -0.25) is 0 Å². The Balaban J connectivity index is 1.66. The van der Waals surface area contributed by atoms with Crippen molar-refractivity contribution in [2.45, 2.75) is 17.2 Å². The summed E-state index contributed by atoms with van der Waals surface area (Å²) in [6.45, 7) is 0.712. The highest BCUT2D eigenvalue weighted by Gasteiger charge is 2.03.